The van der Waals surface area contributed by atoms with E-state index in [9.17, 15) is 4.79 Å². The monoisotopic (exact) mass is 168 g/mol. The van der Waals surface area contributed by atoms with Crippen molar-refractivity contribution in [2.45, 2.75) is 39.7 Å². The summed E-state index contributed by atoms with van der Waals surface area (Å²) in [6.07, 6.45) is 2.59. The van der Waals surface area contributed by atoms with E-state index in [2.05, 4.69) is 19.9 Å². The van der Waals surface area contributed by atoms with Gasteiger partial charge in [-0.05, 0) is 25.8 Å². The molecule has 12 heavy (non-hydrogen) atoms. The van der Waals surface area contributed by atoms with Gasteiger partial charge in [0.1, 0.15) is 5.60 Å². The summed E-state index contributed by atoms with van der Waals surface area (Å²) < 4.78 is 5.18. The van der Waals surface area contributed by atoms with E-state index in [0.29, 0.717) is 12.3 Å². The van der Waals surface area contributed by atoms with Gasteiger partial charge in [-0.3, -0.25) is 4.79 Å². The van der Waals surface area contributed by atoms with Crippen LogP contribution in [0.2, 0.25) is 0 Å². The van der Waals surface area contributed by atoms with E-state index >= 15 is 0 Å². The predicted molar refractivity (Wildman–Crippen MR) is 47.7 cm³/mol. The molecular weight excluding hydrogens is 152 g/mol. The van der Waals surface area contributed by atoms with Crippen molar-refractivity contribution in [3.8, 4) is 0 Å². The average Bonchev–Trinajstić information content (AvgIpc) is 1.81. The van der Waals surface area contributed by atoms with Crippen molar-refractivity contribution < 1.29 is 9.53 Å². The molecule has 1 rings (SSSR count). The summed E-state index contributed by atoms with van der Waals surface area (Å²) >= 11 is 0. The molecule has 0 radical (unpaired) electrons. The van der Waals surface area contributed by atoms with Gasteiger partial charge in [-0.15, -0.1) is 0 Å². The van der Waals surface area contributed by atoms with Crippen LogP contribution < -0.4 is 0 Å². The Hall–Kier alpha value is -0.790. The van der Waals surface area contributed by atoms with Crippen LogP contribution >= 0.6 is 0 Å². The van der Waals surface area contributed by atoms with Crippen LogP contribution in [0, 0.1) is 5.92 Å². The standard InChI is InChI=1S/C10H16O2/c1-7(2)5-10(8(3)4)6-9(11)12-10/h5,8H,6H2,1-4H3. The first-order valence-electron chi connectivity index (χ1n) is 4.34. The van der Waals surface area contributed by atoms with Gasteiger partial charge in [0.25, 0.3) is 0 Å². The van der Waals surface area contributed by atoms with Crippen molar-refractivity contribution in [3.05, 3.63) is 11.6 Å². The second-order valence-electron chi connectivity index (χ2n) is 3.98. The van der Waals surface area contributed by atoms with Gasteiger partial charge in [0.15, 0.2) is 0 Å². The summed E-state index contributed by atoms with van der Waals surface area (Å²) in [5.41, 5.74) is 0.909. The van der Waals surface area contributed by atoms with Crippen LogP contribution in [-0.4, -0.2) is 11.6 Å². The Morgan fingerprint density at radius 2 is 2.08 bits per heavy atom. The molecule has 1 atom stereocenters. The highest BCUT2D eigenvalue weighted by Crippen LogP contribution is 2.37. The van der Waals surface area contributed by atoms with Gasteiger partial charge < -0.3 is 4.74 Å². The number of esters is 1. The maximum atomic E-state index is 10.7. The number of hydrogen-bond acceptors (Lipinski definition) is 2. The Bertz CT molecular complexity index is 214. The van der Waals surface area contributed by atoms with Gasteiger partial charge in [-0.25, -0.2) is 0 Å². The lowest BCUT2D eigenvalue weighted by atomic mass is 9.81. The average molecular weight is 168 g/mol. The maximum Gasteiger partial charge on any atom is 0.311 e. The highest BCUT2D eigenvalue weighted by Gasteiger charge is 2.46. The third kappa shape index (κ3) is 1.52. The molecule has 0 N–H and O–H groups in total. The summed E-state index contributed by atoms with van der Waals surface area (Å²) in [5, 5.41) is 0. The van der Waals surface area contributed by atoms with E-state index in [1.807, 2.05) is 13.8 Å². The molecule has 1 fully saturated rings. The number of carbonyl (C=O) groups excluding carboxylic acids is 1. The van der Waals surface area contributed by atoms with Gasteiger partial charge >= 0.3 is 5.97 Å². The number of carbonyl (C=O) groups is 1. The quantitative estimate of drug-likeness (QED) is 0.467. The Morgan fingerprint density at radius 3 is 2.33 bits per heavy atom. The summed E-state index contributed by atoms with van der Waals surface area (Å²) in [5.74, 6) is 0.284. The lowest BCUT2D eigenvalue weighted by molar-refractivity contribution is -0.189. The van der Waals surface area contributed by atoms with Gasteiger partial charge in [0, 0.05) is 0 Å². The molecule has 0 aromatic rings. The maximum absolute atomic E-state index is 10.7. The van der Waals surface area contributed by atoms with E-state index in [-0.39, 0.29) is 11.6 Å². The molecule has 1 unspecified atom stereocenters. The van der Waals surface area contributed by atoms with Crippen LogP contribution in [0.3, 0.4) is 0 Å². The van der Waals surface area contributed by atoms with Crippen LogP contribution in [0.25, 0.3) is 0 Å². The molecule has 2 heteroatoms. The number of hydrogen-bond donors (Lipinski definition) is 0. The summed E-state index contributed by atoms with van der Waals surface area (Å²) in [6, 6.07) is 0. The molecule has 1 saturated heterocycles. The van der Waals surface area contributed by atoms with Crippen molar-refractivity contribution in [2.24, 2.45) is 5.92 Å². The first-order valence-corrected chi connectivity index (χ1v) is 4.34. The molecule has 68 valence electrons. The first kappa shape index (κ1) is 9.30. The fraction of sp³-hybridized carbons (Fsp3) is 0.700. The van der Waals surface area contributed by atoms with Crippen LogP contribution in [0.5, 0.6) is 0 Å². The van der Waals surface area contributed by atoms with Crippen molar-refractivity contribution in [3.63, 3.8) is 0 Å². The zero-order chi connectivity index (χ0) is 9.35. The SMILES string of the molecule is CC(C)=CC1(C(C)C)CC(=O)O1. The van der Waals surface area contributed by atoms with Crippen LogP contribution in [0.15, 0.2) is 11.6 Å². The number of ether oxygens (including phenoxy) is 1. The highest BCUT2D eigenvalue weighted by atomic mass is 16.6. The molecule has 2 nitrogen and oxygen atoms in total. The van der Waals surface area contributed by atoms with Crippen LogP contribution in [0.1, 0.15) is 34.1 Å². The van der Waals surface area contributed by atoms with Crippen LogP contribution in [-0.2, 0) is 9.53 Å². The number of rotatable bonds is 2. The molecule has 0 aromatic carbocycles. The molecule has 0 bridgehead atoms. The second-order valence-corrected chi connectivity index (χ2v) is 3.98. The molecule has 0 saturated carbocycles. The van der Waals surface area contributed by atoms with E-state index in [4.69, 9.17) is 4.74 Å². The van der Waals surface area contributed by atoms with Crippen molar-refractivity contribution in [1.29, 1.82) is 0 Å². The van der Waals surface area contributed by atoms with E-state index in [1.54, 1.807) is 0 Å². The minimum Gasteiger partial charge on any atom is -0.454 e. The van der Waals surface area contributed by atoms with E-state index in [0.717, 1.165) is 0 Å². The summed E-state index contributed by atoms with van der Waals surface area (Å²) in [7, 11) is 0. The largest absolute Gasteiger partial charge is 0.454 e. The Kier molecular flexibility index (Phi) is 2.27. The van der Waals surface area contributed by atoms with Gasteiger partial charge in [-0.2, -0.15) is 0 Å². The molecular formula is C10H16O2. The normalized spacial score (nSPS) is 27.9. The lowest BCUT2D eigenvalue weighted by Crippen LogP contribution is -2.50. The summed E-state index contributed by atoms with van der Waals surface area (Å²) in [4.78, 5) is 10.7. The third-order valence-corrected chi connectivity index (χ3v) is 2.23. The smallest absolute Gasteiger partial charge is 0.311 e. The second kappa shape index (κ2) is 2.92. The zero-order valence-corrected chi connectivity index (χ0v) is 8.18. The fourth-order valence-corrected chi connectivity index (χ4v) is 1.49. The molecule has 0 amide bonds. The van der Waals surface area contributed by atoms with Gasteiger partial charge in [0.2, 0.25) is 0 Å². The third-order valence-electron chi connectivity index (χ3n) is 2.23. The lowest BCUT2D eigenvalue weighted by Gasteiger charge is -2.41. The Morgan fingerprint density at radius 1 is 1.58 bits per heavy atom. The molecule has 0 aliphatic carbocycles. The van der Waals surface area contributed by atoms with Gasteiger partial charge in [-0.1, -0.05) is 19.4 Å². The van der Waals surface area contributed by atoms with Crippen molar-refractivity contribution >= 4 is 5.97 Å². The predicted octanol–water partition coefficient (Wildman–Crippen LogP) is 2.29. The zero-order valence-electron chi connectivity index (χ0n) is 8.18. The van der Waals surface area contributed by atoms with Crippen molar-refractivity contribution in [2.75, 3.05) is 0 Å². The molecule has 1 heterocycles. The minimum atomic E-state index is -0.296. The van der Waals surface area contributed by atoms with Gasteiger partial charge in [0.05, 0.1) is 6.42 Å². The summed E-state index contributed by atoms with van der Waals surface area (Å²) in [6.45, 7) is 8.20. The molecule has 0 aromatic heterocycles. The number of allylic oxidation sites excluding steroid dienone is 1. The molecule has 0 spiro atoms. The minimum absolute atomic E-state index is 0.0822. The molecule has 1 aliphatic heterocycles. The van der Waals surface area contributed by atoms with E-state index in [1.165, 1.54) is 5.57 Å². The number of cyclic esters (lactones) is 1. The first-order chi connectivity index (χ1) is 5.46. The van der Waals surface area contributed by atoms with Crippen molar-refractivity contribution in [1.82, 2.24) is 0 Å². The fourth-order valence-electron chi connectivity index (χ4n) is 1.49. The van der Waals surface area contributed by atoms with E-state index < -0.39 is 0 Å². The van der Waals surface area contributed by atoms with Crippen LogP contribution in [0.4, 0.5) is 0 Å². The topological polar surface area (TPSA) is 26.3 Å². The Labute approximate surface area is 73.6 Å². The Balaban J connectivity index is 2.77. The highest BCUT2D eigenvalue weighted by molar-refractivity contribution is 5.78. The molecule has 1 aliphatic rings.